The second kappa shape index (κ2) is 9.26. The molecule has 1 aliphatic rings. The summed E-state index contributed by atoms with van der Waals surface area (Å²) in [6.07, 6.45) is 7.92. The number of carbonyl (C=O) groups excluding carboxylic acids is 1. The molecule has 0 radical (unpaired) electrons. The molecule has 0 unspecified atom stereocenters. The van der Waals surface area contributed by atoms with Gasteiger partial charge in [-0.3, -0.25) is 14.0 Å². The summed E-state index contributed by atoms with van der Waals surface area (Å²) in [4.78, 5) is 30.3. The first-order chi connectivity index (χ1) is 15.2. The second-order valence-corrected chi connectivity index (χ2v) is 7.46. The van der Waals surface area contributed by atoms with Gasteiger partial charge in [-0.25, -0.2) is 0 Å². The van der Waals surface area contributed by atoms with Crippen LogP contribution in [0.5, 0.6) is 11.6 Å². The maximum absolute atomic E-state index is 13.2. The van der Waals surface area contributed by atoms with E-state index in [9.17, 15) is 14.9 Å². The molecule has 1 N–H and O–H groups in total. The average molecular weight is 414 g/mol. The maximum Gasteiger partial charge on any atom is 0.269 e. The number of benzene rings is 1. The van der Waals surface area contributed by atoms with Crippen LogP contribution in [0, 0.1) is 11.3 Å². The van der Waals surface area contributed by atoms with Crippen LogP contribution in [0.4, 0.5) is 0 Å². The van der Waals surface area contributed by atoms with E-state index in [4.69, 9.17) is 4.74 Å². The fraction of sp³-hybridized carbons (Fsp3) is 0.250. The van der Waals surface area contributed by atoms with Crippen molar-refractivity contribution in [1.29, 1.82) is 5.26 Å². The fourth-order valence-electron chi connectivity index (χ4n) is 3.69. The highest BCUT2D eigenvalue weighted by Gasteiger charge is 2.20. The molecule has 156 valence electrons. The van der Waals surface area contributed by atoms with Crippen LogP contribution in [0.15, 0.2) is 65.1 Å². The molecule has 2 aromatic heterocycles. The van der Waals surface area contributed by atoms with Gasteiger partial charge in [-0.2, -0.15) is 10.2 Å². The third-order valence-corrected chi connectivity index (χ3v) is 5.29. The lowest BCUT2D eigenvalue weighted by Gasteiger charge is -2.22. The molecule has 4 rings (SSSR count). The zero-order chi connectivity index (χ0) is 21.6. The van der Waals surface area contributed by atoms with Crippen LogP contribution in [0.2, 0.25) is 0 Å². The zero-order valence-corrected chi connectivity index (χ0v) is 17.0. The van der Waals surface area contributed by atoms with Crippen molar-refractivity contribution in [3.63, 3.8) is 0 Å². The highest BCUT2D eigenvalue weighted by molar-refractivity contribution is 6.02. The van der Waals surface area contributed by atoms with E-state index in [2.05, 4.69) is 10.3 Å². The molecular weight excluding hydrogens is 392 g/mol. The van der Waals surface area contributed by atoms with E-state index < -0.39 is 11.5 Å². The van der Waals surface area contributed by atoms with Crippen LogP contribution >= 0.6 is 0 Å². The van der Waals surface area contributed by atoms with Gasteiger partial charge < -0.3 is 10.1 Å². The second-order valence-electron chi connectivity index (χ2n) is 7.46. The predicted octanol–water partition coefficient (Wildman–Crippen LogP) is 3.84. The fourth-order valence-corrected chi connectivity index (χ4v) is 3.69. The van der Waals surface area contributed by atoms with Gasteiger partial charge in [0.05, 0.1) is 0 Å². The normalized spacial score (nSPS) is 14.7. The van der Waals surface area contributed by atoms with Crippen LogP contribution in [-0.4, -0.2) is 21.3 Å². The number of nitrogens with one attached hydrogen (secondary N) is 1. The molecule has 1 aromatic carbocycles. The Bertz CT molecular complexity index is 1220. The number of fused-ring (bicyclic) bond motifs is 1. The number of nitrogens with zero attached hydrogens (tertiary/aromatic N) is 3. The van der Waals surface area contributed by atoms with Crippen LogP contribution in [0.3, 0.4) is 0 Å². The van der Waals surface area contributed by atoms with Crippen molar-refractivity contribution >= 4 is 17.6 Å². The Hall–Kier alpha value is -3.92. The number of pyridine rings is 1. The molecule has 31 heavy (non-hydrogen) atoms. The number of hydrogen-bond donors (Lipinski definition) is 1. The number of nitriles is 1. The van der Waals surface area contributed by atoms with Crippen LogP contribution < -0.4 is 15.6 Å². The minimum atomic E-state index is -0.488. The molecule has 2 heterocycles. The standard InChI is InChI=1S/C24H22N4O3/c25-16-17(22(29)26-18-9-3-1-4-10-18)15-20-23(31-19-11-5-2-6-12-19)27-21-13-7-8-14-28(21)24(20)30/h2,5-8,11-15,18H,1,3-4,9-10H2,(H,26,29)/b17-15+. The molecule has 1 fully saturated rings. The number of carbonyl (C=O) groups is 1. The van der Waals surface area contributed by atoms with E-state index in [-0.39, 0.29) is 23.1 Å². The molecular formula is C24H22N4O3. The molecule has 1 saturated carbocycles. The van der Waals surface area contributed by atoms with E-state index in [1.807, 2.05) is 12.1 Å². The van der Waals surface area contributed by atoms with Gasteiger partial charge in [0, 0.05) is 12.2 Å². The summed E-state index contributed by atoms with van der Waals surface area (Å²) in [5, 5.41) is 12.5. The average Bonchev–Trinajstić information content (AvgIpc) is 2.80. The van der Waals surface area contributed by atoms with E-state index in [0.717, 1.165) is 32.1 Å². The van der Waals surface area contributed by atoms with E-state index in [0.29, 0.717) is 11.4 Å². The van der Waals surface area contributed by atoms with Crippen LogP contribution in [0.1, 0.15) is 37.7 Å². The van der Waals surface area contributed by atoms with Gasteiger partial charge in [0.15, 0.2) is 0 Å². The minimum Gasteiger partial charge on any atom is -0.438 e. The monoisotopic (exact) mass is 414 g/mol. The van der Waals surface area contributed by atoms with Gasteiger partial charge in [-0.15, -0.1) is 0 Å². The van der Waals surface area contributed by atoms with Crippen LogP contribution in [-0.2, 0) is 4.79 Å². The number of aromatic nitrogens is 2. The van der Waals surface area contributed by atoms with Crippen LogP contribution in [0.25, 0.3) is 11.7 Å². The third kappa shape index (κ3) is 4.64. The summed E-state index contributed by atoms with van der Waals surface area (Å²) < 4.78 is 7.22. The molecule has 0 bridgehead atoms. The first-order valence-electron chi connectivity index (χ1n) is 10.3. The van der Waals surface area contributed by atoms with Crippen molar-refractivity contribution in [1.82, 2.24) is 14.7 Å². The molecule has 1 aliphatic carbocycles. The van der Waals surface area contributed by atoms with E-state index in [1.54, 1.807) is 48.7 Å². The third-order valence-electron chi connectivity index (χ3n) is 5.29. The maximum atomic E-state index is 13.2. The quantitative estimate of drug-likeness (QED) is 0.505. The first-order valence-corrected chi connectivity index (χ1v) is 10.3. The smallest absolute Gasteiger partial charge is 0.269 e. The number of rotatable bonds is 5. The molecule has 7 nitrogen and oxygen atoms in total. The van der Waals surface area contributed by atoms with Crippen molar-refractivity contribution in [2.24, 2.45) is 0 Å². The SMILES string of the molecule is N#C/C(=C\c1c(Oc2ccccc2)nc2ccccn2c1=O)C(=O)NC1CCCCC1. The Morgan fingerprint density at radius 3 is 2.61 bits per heavy atom. The molecule has 0 spiro atoms. The highest BCUT2D eigenvalue weighted by atomic mass is 16.5. The van der Waals surface area contributed by atoms with Gasteiger partial charge in [-0.05, 0) is 43.2 Å². The van der Waals surface area contributed by atoms with Crippen molar-refractivity contribution in [3.8, 4) is 17.7 Å². The lowest BCUT2D eigenvalue weighted by atomic mass is 9.95. The predicted molar refractivity (Wildman–Crippen MR) is 117 cm³/mol. The highest BCUT2D eigenvalue weighted by Crippen LogP contribution is 2.24. The van der Waals surface area contributed by atoms with E-state index >= 15 is 0 Å². The Labute approximate surface area is 179 Å². The van der Waals surface area contributed by atoms with Crippen molar-refractivity contribution < 1.29 is 9.53 Å². The Morgan fingerprint density at radius 2 is 1.87 bits per heavy atom. The molecule has 1 amide bonds. The minimum absolute atomic E-state index is 0.0422. The molecule has 0 atom stereocenters. The molecule has 7 heteroatoms. The van der Waals surface area contributed by atoms with Crippen molar-refractivity contribution in [2.45, 2.75) is 38.1 Å². The Kier molecular flexibility index (Phi) is 6.08. The van der Waals surface area contributed by atoms with Gasteiger partial charge in [0.2, 0.25) is 5.88 Å². The summed E-state index contributed by atoms with van der Waals surface area (Å²) in [6, 6.07) is 16.1. The number of amides is 1. The molecule has 0 saturated heterocycles. The lowest BCUT2D eigenvalue weighted by molar-refractivity contribution is -0.117. The summed E-state index contributed by atoms with van der Waals surface area (Å²) in [5.41, 5.74) is -0.128. The summed E-state index contributed by atoms with van der Waals surface area (Å²) >= 11 is 0. The molecule has 3 aromatic rings. The largest absolute Gasteiger partial charge is 0.438 e. The summed E-state index contributed by atoms with van der Waals surface area (Å²) in [6.45, 7) is 0. The van der Waals surface area contributed by atoms with Crippen molar-refractivity contribution in [3.05, 3.63) is 76.2 Å². The van der Waals surface area contributed by atoms with E-state index in [1.165, 1.54) is 10.5 Å². The first kappa shape index (κ1) is 20.4. The Morgan fingerprint density at radius 1 is 1.13 bits per heavy atom. The Balaban J connectivity index is 1.75. The number of ether oxygens (including phenoxy) is 1. The topological polar surface area (TPSA) is 96.5 Å². The van der Waals surface area contributed by atoms with Gasteiger partial charge in [-0.1, -0.05) is 43.5 Å². The van der Waals surface area contributed by atoms with Gasteiger partial charge >= 0.3 is 0 Å². The summed E-state index contributed by atoms with van der Waals surface area (Å²) in [7, 11) is 0. The number of hydrogen-bond acceptors (Lipinski definition) is 5. The molecule has 0 aliphatic heterocycles. The summed E-state index contributed by atoms with van der Waals surface area (Å²) in [5.74, 6) is 0.0488. The van der Waals surface area contributed by atoms with Gasteiger partial charge in [0.25, 0.3) is 11.5 Å². The lowest BCUT2D eigenvalue weighted by Crippen LogP contribution is -2.36. The van der Waals surface area contributed by atoms with Crippen molar-refractivity contribution in [2.75, 3.05) is 0 Å². The van der Waals surface area contributed by atoms with Gasteiger partial charge in [0.1, 0.15) is 28.6 Å². The zero-order valence-electron chi connectivity index (χ0n) is 17.0. The number of para-hydroxylation sites is 1.